The van der Waals surface area contributed by atoms with Crippen molar-refractivity contribution >= 4 is 29.3 Å². The van der Waals surface area contributed by atoms with Crippen molar-refractivity contribution < 1.29 is 9.53 Å². The number of fused-ring (bicyclic) bond motifs is 1. The summed E-state index contributed by atoms with van der Waals surface area (Å²) >= 11 is 1.56. The van der Waals surface area contributed by atoms with Crippen molar-refractivity contribution in [1.29, 1.82) is 0 Å². The number of nitrogens with zero attached hydrogens (tertiary/aromatic N) is 3. The maximum atomic E-state index is 13.5. The van der Waals surface area contributed by atoms with Crippen molar-refractivity contribution in [3.63, 3.8) is 0 Å². The molecular weight excluding hydrogens is 458 g/mol. The molecule has 5 rings (SSSR count). The quantitative estimate of drug-likeness (QED) is 0.338. The molecule has 35 heavy (non-hydrogen) atoms. The van der Waals surface area contributed by atoms with Gasteiger partial charge in [0.2, 0.25) is 11.1 Å². The van der Waals surface area contributed by atoms with Crippen molar-refractivity contribution in [2.45, 2.75) is 23.9 Å². The molecule has 2 N–H and O–H groups in total. The third kappa shape index (κ3) is 4.93. The van der Waals surface area contributed by atoms with Crippen molar-refractivity contribution in [3.05, 3.63) is 107 Å². The normalized spacial score (nSPS) is 14.7. The number of hydrogen-bond donors (Lipinski definition) is 2. The lowest BCUT2D eigenvalue weighted by Gasteiger charge is -2.28. The third-order valence-electron chi connectivity index (χ3n) is 5.75. The number of anilines is 2. The van der Waals surface area contributed by atoms with E-state index < -0.39 is 6.04 Å². The zero-order valence-corrected chi connectivity index (χ0v) is 20.3. The van der Waals surface area contributed by atoms with Crippen LogP contribution >= 0.6 is 11.8 Å². The van der Waals surface area contributed by atoms with Gasteiger partial charge in [-0.15, -0.1) is 5.10 Å². The van der Waals surface area contributed by atoms with E-state index >= 15 is 0 Å². The van der Waals surface area contributed by atoms with Gasteiger partial charge in [-0.3, -0.25) is 4.79 Å². The molecule has 2 heterocycles. The average molecular weight is 484 g/mol. The molecule has 0 unspecified atom stereocenters. The number of thioether (sulfide) groups is 1. The van der Waals surface area contributed by atoms with Gasteiger partial charge in [-0.25, -0.2) is 4.68 Å². The van der Waals surface area contributed by atoms with Crippen molar-refractivity contribution in [1.82, 2.24) is 14.8 Å². The fourth-order valence-corrected chi connectivity index (χ4v) is 4.81. The fourth-order valence-electron chi connectivity index (χ4n) is 4.02. The van der Waals surface area contributed by atoms with Gasteiger partial charge in [-0.2, -0.15) is 4.98 Å². The van der Waals surface area contributed by atoms with Gasteiger partial charge in [0.05, 0.1) is 12.7 Å². The second kappa shape index (κ2) is 10.1. The standard InChI is InChI=1S/C27H25N5O2S/c1-18-23(25(33)29-21-11-7-4-8-12-21)24(20-13-15-22(34-2)16-14-20)32-26(28-18)30-27(31-32)35-17-19-9-5-3-6-10-19/h3-16,24H,17H2,1-2H3,(H,29,33)(H,28,30,31)/t24-/m0/s1. The summed E-state index contributed by atoms with van der Waals surface area (Å²) in [7, 11) is 1.63. The number of aromatic nitrogens is 3. The van der Waals surface area contributed by atoms with Gasteiger partial charge in [0.25, 0.3) is 5.91 Å². The van der Waals surface area contributed by atoms with Crippen molar-refractivity contribution in [3.8, 4) is 5.75 Å². The molecule has 1 amide bonds. The molecule has 7 nitrogen and oxygen atoms in total. The first-order valence-corrected chi connectivity index (χ1v) is 12.2. The van der Waals surface area contributed by atoms with E-state index in [4.69, 9.17) is 14.8 Å². The van der Waals surface area contributed by atoms with Gasteiger partial charge in [0.1, 0.15) is 11.8 Å². The summed E-state index contributed by atoms with van der Waals surface area (Å²) in [5.74, 6) is 1.92. The molecule has 3 aromatic carbocycles. The highest BCUT2D eigenvalue weighted by Crippen LogP contribution is 2.37. The molecule has 8 heteroatoms. The summed E-state index contributed by atoms with van der Waals surface area (Å²) in [6, 6.07) is 26.9. The average Bonchev–Trinajstić information content (AvgIpc) is 3.30. The number of amides is 1. The molecule has 1 aliphatic rings. The monoisotopic (exact) mass is 483 g/mol. The van der Waals surface area contributed by atoms with Crippen LogP contribution in [0.3, 0.4) is 0 Å². The maximum absolute atomic E-state index is 13.5. The number of allylic oxidation sites excluding steroid dienone is 1. The van der Waals surface area contributed by atoms with E-state index in [9.17, 15) is 4.79 Å². The number of rotatable bonds is 7. The van der Waals surface area contributed by atoms with Gasteiger partial charge < -0.3 is 15.4 Å². The molecule has 0 bridgehead atoms. The fraction of sp³-hybridized carbons (Fsp3) is 0.148. The topological polar surface area (TPSA) is 81.1 Å². The lowest BCUT2D eigenvalue weighted by atomic mass is 9.95. The largest absolute Gasteiger partial charge is 0.497 e. The van der Waals surface area contributed by atoms with Crippen LogP contribution in [-0.4, -0.2) is 27.8 Å². The Morgan fingerprint density at radius 3 is 2.40 bits per heavy atom. The lowest BCUT2D eigenvalue weighted by molar-refractivity contribution is -0.113. The molecule has 1 aromatic heterocycles. The Balaban J connectivity index is 1.50. The van der Waals surface area contributed by atoms with Crippen LogP contribution in [0.15, 0.2) is 101 Å². The van der Waals surface area contributed by atoms with Gasteiger partial charge in [-0.05, 0) is 42.3 Å². The van der Waals surface area contributed by atoms with Gasteiger partial charge in [0.15, 0.2) is 0 Å². The zero-order valence-electron chi connectivity index (χ0n) is 19.4. The summed E-state index contributed by atoms with van der Waals surface area (Å²) < 4.78 is 7.13. The number of para-hydroxylation sites is 1. The predicted molar refractivity (Wildman–Crippen MR) is 139 cm³/mol. The Morgan fingerprint density at radius 2 is 1.71 bits per heavy atom. The molecule has 0 radical (unpaired) electrons. The maximum Gasteiger partial charge on any atom is 0.255 e. The van der Waals surface area contributed by atoms with E-state index in [0.29, 0.717) is 16.7 Å². The summed E-state index contributed by atoms with van der Waals surface area (Å²) in [6.45, 7) is 1.89. The minimum Gasteiger partial charge on any atom is -0.497 e. The number of ether oxygens (including phenoxy) is 1. The van der Waals surface area contributed by atoms with Gasteiger partial charge in [0, 0.05) is 17.1 Å². The Morgan fingerprint density at radius 1 is 1.03 bits per heavy atom. The van der Waals surface area contributed by atoms with Gasteiger partial charge >= 0.3 is 0 Å². The van der Waals surface area contributed by atoms with E-state index in [1.165, 1.54) is 5.56 Å². The third-order valence-corrected chi connectivity index (χ3v) is 6.66. The number of benzene rings is 3. The van der Waals surface area contributed by atoms with E-state index in [2.05, 4.69) is 22.8 Å². The molecule has 176 valence electrons. The summed E-state index contributed by atoms with van der Waals surface area (Å²) in [6.07, 6.45) is 0. The summed E-state index contributed by atoms with van der Waals surface area (Å²) in [5.41, 5.74) is 4.15. The van der Waals surface area contributed by atoms with Crippen molar-refractivity contribution in [2.75, 3.05) is 17.7 Å². The van der Waals surface area contributed by atoms with E-state index in [1.54, 1.807) is 23.6 Å². The molecule has 1 aliphatic heterocycles. The van der Waals surface area contributed by atoms with Crippen LogP contribution in [-0.2, 0) is 10.5 Å². The van der Waals surface area contributed by atoms with Crippen LogP contribution in [0.1, 0.15) is 24.1 Å². The Hall–Kier alpha value is -4.04. The molecule has 0 spiro atoms. The summed E-state index contributed by atoms with van der Waals surface area (Å²) in [4.78, 5) is 18.2. The van der Waals surface area contributed by atoms with Gasteiger partial charge in [-0.1, -0.05) is 72.4 Å². The minimum absolute atomic E-state index is 0.193. The number of carbonyl (C=O) groups is 1. The van der Waals surface area contributed by atoms with Crippen LogP contribution in [0.5, 0.6) is 5.75 Å². The Bertz CT molecular complexity index is 1350. The minimum atomic E-state index is -0.445. The molecular formula is C27H25N5O2S. The summed E-state index contributed by atoms with van der Waals surface area (Å²) in [5, 5.41) is 11.8. The van der Waals surface area contributed by atoms with Crippen LogP contribution in [0.2, 0.25) is 0 Å². The first-order valence-electron chi connectivity index (χ1n) is 11.2. The first kappa shape index (κ1) is 22.7. The zero-order chi connectivity index (χ0) is 24.2. The van der Waals surface area contributed by atoms with E-state index in [0.717, 1.165) is 28.5 Å². The molecule has 0 saturated carbocycles. The highest BCUT2D eigenvalue weighted by atomic mass is 32.2. The number of carbonyl (C=O) groups excluding carboxylic acids is 1. The molecule has 0 aliphatic carbocycles. The SMILES string of the molecule is COc1ccc([C@H]2C(C(=O)Nc3ccccc3)=C(C)Nc3nc(SCc4ccccc4)nn32)cc1. The second-order valence-electron chi connectivity index (χ2n) is 8.10. The van der Waals surface area contributed by atoms with E-state index in [-0.39, 0.29) is 5.91 Å². The van der Waals surface area contributed by atoms with E-state index in [1.807, 2.05) is 79.7 Å². The highest BCUT2D eigenvalue weighted by molar-refractivity contribution is 7.98. The number of nitrogens with one attached hydrogen (secondary N) is 2. The van der Waals surface area contributed by atoms with Crippen LogP contribution < -0.4 is 15.4 Å². The first-order chi connectivity index (χ1) is 17.1. The van der Waals surface area contributed by atoms with Crippen LogP contribution in [0, 0.1) is 0 Å². The Kier molecular flexibility index (Phi) is 6.54. The Labute approximate surface area is 208 Å². The van der Waals surface area contributed by atoms with Crippen LogP contribution in [0.4, 0.5) is 11.6 Å². The molecule has 1 atom stereocenters. The predicted octanol–water partition coefficient (Wildman–Crippen LogP) is 5.51. The lowest BCUT2D eigenvalue weighted by Crippen LogP contribution is -2.31. The van der Waals surface area contributed by atoms with Crippen LogP contribution in [0.25, 0.3) is 0 Å². The second-order valence-corrected chi connectivity index (χ2v) is 9.04. The number of hydrogen-bond acceptors (Lipinski definition) is 6. The number of methoxy groups -OCH3 is 1. The molecule has 4 aromatic rings. The highest BCUT2D eigenvalue weighted by Gasteiger charge is 2.34. The smallest absolute Gasteiger partial charge is 0.255 e. The van der Waals surface area contributed by atoms with Crippen molar-refractivity contribution in [2.24, 2.45) is 0 Å². The molecule has 0 fully saturated rings. The molecule has 0 saturated heterocycles.